The summed E-state index contributed by atoms with van der Waals surface area (Å²) >= 11 is 0. The van der Waals surface area contributed by atoms with Gasteiger partial charge in [-0.05, 0) is 50.8 Å². The molecule has 1 saturated carbocycles. The lowest BCUT2D eigenvalue weighted by Gasteiger charge is -2.22. The van der Waals surface area contributed by atoms with E-state index in [4.69, 9.17) is 4.74 Å². The van der Waals surface area contributed by atoms with Gasteiger partial charge in [-0.1, -0.05) is 60.7 Å². The molecule has 1 amide bonds. The van der Waals surface area contributed by atoms with Gasteiger partial charge < -0.3 is 14.6 Å². The summed E-state index contributed by atoms with van der Waals surface area (Å²) in [6.07, 6.45) is 1.38. The number of amides is 1. The van der Waals surface area contributed by atoms with Crippen LogP contribution in [0.3, 0.4) is 0 Å². The van der Waals surface area contributed by atoms with Gasteiger partial charge in [0.15, 0.2) is 6.10 Å². The SMILES string of the molecule is Cc1cc(C(=O)O[C@@H](C)C(=O)NC(c2ccccc2)c2ccccc2)c(C)n1C1CC1. The Morgan fingerprint density at radius 2 is 1.52 bits per heavy atom. The molecule has 31 heavy (non-hydrogen) atoms. The third kappa shape index (κ3) is 4.55. The van der Waals surface area contributed by atoms with Crippen LogP contribution in [0.4, 0.5) is 0 Å². The van der Waals surface area contributed by atoms with Crippen molar-refractivity contribution in [2.75, 3.05) is 0 Å². The van der Waals surface area contributed by atoms with Crippen LogP contribution in [0.25, 0.3) is 0 Å². The highest BCUT2D eigenvalue weighted by molar-refractivity contribution is 5.93. The molecule has 3 aromatic rings. The molecule has 1 aliphatic carbocycles. The van der Waals surface area contributed by atoms with Gasteiger partial charge >= 0.3 is 5.97 Å². The first-order valence-corrected chi connectivity index (χ1v) is 10.8. The number of aromatic nitrogens is 1. The van der Waals surface area contributed by atoms with E-state index < -0.39 is 12.1 Å². The number of benzene rings is 2. The van der Waals surface area contributed by atoms with E-state index in [9.17, 15) is 9.59 Å². The molecule has 2 aromatic carbocycles. The van der Waals surface area contributed by atoms with Gasteiger partial charge in [0, 0.05) is 17.4 Å². The van der Waals surface area contributed by atoms with Gasteiger partial charge in [0.25, 0.3) is 5.91 Å². The summed E-state index contributed by atoms with van der Waals surface area (Å²) in [6.45, 7) is 5.55. The topological polar surface area (TPSA) is 60.3 Å². The Morgan fingerprint density at radius 3 is 2.03 bits per heavy atom. The number of carbonyl (C=O) groups excluding carboxylic acids is 2. The fraction of sp³-hybridized carbons (Fsp3) is 0.308. The second kappa shape index (κ2) is 8.80. The number of nitrogens with one attached hydrogen (secondary N) is 1. The molecule has 1 atom stereocenters. The Labute approximate surface area is 183 Å². The largest absolute Gasteiger partial charge is 0.449 e. The molecule has 0 aliphatic heterocycles. The van der Waals surface area contributed by atoms with Crippen LogP contribution in [0, 0.1) is 13.8 Å². The summed E-state index contributed by atoms with van der Waals surface area (Å²) < 4.78 is 7.75. The molecule has 4 rings (SSSR count). The summed E-state index contributed by atoms with van der Waals surface area (Å²) in [6, 6.07) is 21.6. The summed E-state index contributed by atoms with van der Waals surface area (Å²) in [7, 11) is 0. The highest BCUT2D eigenvalue weighted by atomic mass is 16.5. The fourth-order valence-corrected chi connectivity index (χ4v) is 4.07. The van der Waals surface area contributed by atoms with E-state index in [0.29, 0.717) is 11.6 Å². The lowest BCUT2D eigenvalue weighted by molar-refractivity contribution is -0.129. The van der Waals surface area contributed by atoms with Crippen LogP contribution in [0.15, 0.2) is 66.7 Å². The molecule has 5 heteroatoms. The first kappa shape index (κ1) is 20.9. The highest BCUT2D eigenvalue weighted by Crippen LogP contribution is 2.38. The van der Waals surface area contributed by atoms with E-state index in [2.05, 4.69) is 9.88 Å². The molecule has 0 radical (unpaired) electrons. The van der Waals surface area contributed by atoms with E-state index in [1.807, 2.05) is 80.6 Å². The zero-order chi connectivity index (χ0) is 22.0. The minimum Gasteiger partial charge on any atom is -0.449 e. The summed E-state index contributed by atoms with van der Waals surface area (Å²) in [5.41, 5.74) is 4.43. The van der Waals surface area contributed by atoms with Gasteiger partial charge in [0.05, 0.1) is 11.6 Å². The Kier molecular flexibility index (Phi) is 5.94. The fourth-order valence-electron chi connectivity index (χ4n) is 4.07. The van der Waals surface area contributed by atoms with Crippen molar-refractivity contribution in [1.82, 2.24) is 9.88 Å². The number of rotatable bonds is 7. The lowest BCUT2D eigenvalue weighted by Crippen LogP contribution is -2.38. The molecule has 0 unspecified atom stereocenters. The van der Waals surface area contributed by atoms with Gasteiger partial charge in [0.1, 0.15) is 0 Å². The van der Waals surface area contributed by atoms with Gasteiger partial charge in [-0.2, -0.15) is 0 Å². The van der Waals surface area contributed by atoms with E-state index >= 15 is 0 Å². The molecule has 0 saturated heterocycles. The molecule has 0 spiro atoms. The maximum absolute atomic E-state index is 12.9. The van der Waals surface area contributed by atoms with Crippen LogP contribution in [0.5, 0.6) is 0 Å². The zero-order valence-electron chi connectivity index (χ0n) is 18.2. The van der Waals surface area contributed by atoms with Crippen LogP contribution in [-0.4, -0.2) is 22.5 Å². The van der Waals surface area contributed by atoms with Gasteiger partial charge in [0.2, 0.25) is 0 Å². The summed E-state index contributed by atoms with van der Waals surface area (Å²) in [5, 5.41) is 3.04. The quantitative estimate of drug-likeness (QED) is 0.558. The number of hydrogen-bond donors (Lipinski definition) is 1. The Morgan fingerprint density at radius 1 is 0.968 bits per heavy atom. The molecule has 1 aliphatic rings. The minimum absolute atomic E-state index is 0.323. The molecule has 1 N–H and O–H groups in total. The Balaban J connectivity index is 1.48. The van der Waals surface area contributed by atoms with E-state index in [1.165, 1.54) is 0 Å². The molecular formula is C26H28N2O3. The molecule has 5 nitrogen and oxygen atoms in total. The van der Waals surface area contributed by atoms with Gasteiger partial charge in [-0.3, -0.25) is 4.79 Å². The molecular weight excluding hydrogens is 388 g/mol. The summed E-state index contributed by atoms with van der Waals surface area (Å²) in [4.78, 5) is 25.7. The normalized spacial score (nSPS) is 14.3. The number of aryl methyl sites for hydroxylation is 1. The van der Waals surface area contributed by atoms with Crippen molar-refractivity contribution >= 4 is 11.9 Å². The lowest BCUT2D eigenvalue weighted by atomic mass is 9.98. The first-order chi connectivity index (χ1) is 15.0. The highest BCUT2D eigenvalue weighted by Gasteiger charge is 2.30. The van der Waals surface area contributed by atoms with Crippen LogP contribution in [0.1, 0.15) is 64.7 Å². The second-order valence-corrected chi connectivity index (χ2v) is 8.20. The van der Waals surface area contributed by atoms with E-state index in [-0.39, 0.29) is 11.9 Å². The Bertz CT molecular complexity index is 1030. The van der Waals surface area contributed by atoms with Crippen LogP contribution in [0.2, 0.25) is 0 Å². The summed E-state index contributed by atoms with van der Waals surface area (Å²) in [5.74, 6) is -0.791. The third-order valence-electron chi connectivity index (χ3n) is 5.82. The number of hydrogen-bond acceptors (Lipinski definition) is 3. The van der Waals surface area contributed by atoms with E-state index in [1.54, 1.807) is 6.92 Å². The van der Waals surface area contributed by atoms with Crippen LogP contribution < -0.4 is 5.32 Å². The smallest absolute Gasteiger partial charge is 0.340 e. The average Bonchev–Trinajstić information content (AvgIpc) is 3.57. The molecule has 1 aromatic heterocycles. The minimum atomic E-state index is -0.911. The molecule has 1 heterocycles. The monoisotopic (exact) mass is 416 g/mol. The average molecular weight is 417 g/mol. The van der Waals surface area contributed by atoms with Crippen molar-refractivity contribution in [3.63, 3.8) is 0 Å². The van der Waals surface area contributed by atoms with Crippen LogP contribution >= 0.6 is 0 Å². The van der Waals surface area contributed by atoms with Crippen molar-refractivity contribution in [3.05, 3.63) is 94.8 Å². The number of esters is 1. The van der Waals surface area contributed by atoms with Crippen molar-refractivity contribution < 1.29 is 14.3 Å². The second-order valence-electron chi connectivity index (χ2n) is 8.20. The third-order valence-corrected chi connectivity index (χ3v) is 5.82. The first-order valence-electron chi connectivity index (χ1n) is 10.8. The van der Waals surface area contributed by atoms with Gasteiger partial charge in [-0.25, -0.2) is 4.79 Å². The molecule has 1 fully saturated rings. The van der Waals surface area contributed by atoms with Crippen molar-refractivity contribution in [3.8, 4) is 0 Å². The maximum Gasteiger partial charge on any atom is 0.340 e. The molecule has 160 valence electrons. The maximum atomic E-state index is 12.9. The molecule has 0 bridgehead atoms. The van der Waals surface area contributed by atoms with Crippen molar-refractivity contribution in [2.45, 2.75) is 51.8 Å². The van der Waals surface area contributed by atoms with Gasteiger partial charge in [-0.15, -0.1) is 0 Å². The zero-order valence-corrected chi connectivity index (χ0v) is 18.2. The predicted molar refractivity (Wildman–Crippen MR) is 120 cm³/mol. The van der Waals surface area contributed by atoms with Crippen molar-refractivity contribution in [1.29, 1.82) is 0 Å². The number of carbonyl (C=O) groups is 2. The predicted octanol–water partition coefficient (Wildman–Crippen LogP) is 4.89. The number of ether oxygens (including phenoxy) is 1. The standard InChI is InChI=1S/C26H28N2O3/c1-17-16-23(18(2)28(17)22-14-15-22)26(30)31-19(3)25(29)27-24(20-10-6-4-7-11-20)21-12-8-5-9-13-21/h4-13,16,19,22,24H,14-15H2,1-3H3,(H,27,29)/t19-/m0/s1. The number of nitrogens with zero attached hydrogens (tertiary/aromatic N) is 1. The van der Waals surface area contributed by atoms with Crippen LogP contribution in [-0.2, 0) is 9.53 Å². The Hall–Kier alpha value is -3.34. The van der Waals surface area contributed by atoms with Crippen molar-refractivity contribution in [2.24, 2.45) is 0 Å². The van der Waals surface area contributed by atoms with E-state index in [0.717, 1.165) is 35.4 Å².